The van der Waals surface area contributed by atoms with Gasteiger partial charge in [0.05, 0.1) is 12.8 Å². The topological polar surface area (TPSA) is 92.4 Å². The van der Waals surface area contributed by atoms with E-state index in [0.29, 0.717) is 18.0 Å². The molecular weight excluding hydrogens is 344 g/mol. The Hall–Kier alpha value is -2.93. The molecule has 2 aliphatic heterocycles. The summed E-state index contributed by atoms with van der Waals surface area (Å²) in [6.45, 7) is 1.85. The number of rotatable bonds is 5. The molecule has 1 aromatic heterocycles. The SMILES string of the molecule is O=C1Cc2ccc(CC(=O)Nc3cccnc3OC3CCNCC3)cc2N1. The number of nitrogens with zero attached hydrogens (tertiary/aromatic N) is 1. The first-order valence-corrected chi connectivity index (χ1v) is 9.21. The molecule has 7 nitrogen and oxygen atoms in total. The van der Waals surface area contributed by atoms with E-state index in [4.69, 9.17) is 4.74 Å². The van der Waals surface area contributed by atoms with Gasteiger partial charge in [-0.15, -0.1) is 0 Å². The fourth-order valence-corrected chi connectivity index (χ4v) is 3.40. The van der Waals surface area contributed by atoms with Gasteiger partial charge in [-0.3, -0.25) is 9.59 Å². The maximum atomic E-state index is 12.5. The minimum absolute atomic E-state index is 0.0123. The Morgan fingerprint density at radius 2 is 2.11 bits per heavy atom. The van der Waals surface area contributed by atoms with Crippen molar-refractivity contribution in [1.82, 2.24) is 10.3 Å². The van der Waals surface area contributed by atoms with Gasteiger partial charge in [0.25, 0.3) is 0 Å². The molecule has 3 heterocycles. The van der Waals surface area contributed by atoms with Crippen molar-refractivity contribution < 1.29 is 14.3 Å². The van der Waals surface area contributed by atoms with Crippen LogP contribution in [0.4, 0.5) is 11.4 Å². The van der Waals surface area contributed by atoms with Crippen LogP contribution in [0, 0.1) is 0 Å². The van der Waals surface area contributed by atoms with Crippen molar-refractivity contribution in [3.8, 4) is 5.88 Å². The summed E-state index contributed by atoms with van der Waals surface area (Å²) >= 11 is 0. The zero-order chi connectivity index (χ0) is 18.6. The number of hydrogen-bond donors (Lipinski definition) is 3. The largest absolute Gasteiger partial charge is 0.473 e. The summed E-state index contributed by atoms with van der Waals surface area (Å²) in [6.07, 6.45) is 4.22. The predicted molar refractivity (Wildman–Crippen MR) is 102 cm³/mol. The van der Waals surface area contributed by atoms with Crippen LogP contribution >= 0.6 is 0 Å². The standard InChI is InChI=1S/C20H22N4O3/c25-18(11-13-3-4-14-12-19(26)24-17(14)10-13)23-16-2-1-7-22-20(16)27-15-5-8-21-9-6-15/h1-4,7,10,15,21H,5-6,8-9,11-12H2,(H,23,25)(H,24,26). The van der Waals surface area contributed by atoms with Gasteiger partial charge in [0.15, 0.2) is 0 Å². The third-order valence-electron chi connectivity index (χ3n) is 4.77. The fourth-order valence-electron chi connectivity index (χ4n) is 3.40. The van der Waals surface area contributed by atoms with Crippen LogP contribution in [0.1, 0.15) is 24.0 Å². The van der Waals surface area contributed by atoms with E-state index in [0.717, 1.165) is 42.7 Å². The maximum absolute atomic E-state index is 12.5. The highest BCUT2D eigenvalue weighted by Gasteiger charge is 2.19. The highest BCUT2D eigenvalue weighted by Crippen LogP contribution is 2.26. The second kappa shape index (κ2) is 7.75. The Morgan fingerprint density at radius 1 is 1.26 bits per heavy atom. The number of anilines is 2. The average Bonchev–Trinajstić information content (AvgIpc) is 3.03. The van der Waals surface area contributed by atoms with Crippen molar-refractivity contribution in [2.24, 2.45) is 0 Å². The van der Waals surface area contributed by atoms with E-state index >= 15 is 0 Å². The average molecular weight is 366 g/mol. The predicted octanol–water partition coefficient (Wildman–Crippen LogP) is 1.89. The van der Waals surface area contributed by atoms with Crippen LogP contribution in [-0.2, 0) is 22.4 Å². The molecule has 7 heteroatoms. The summed E-state index contributed by atoms with van der Waals surface area (Å²) < 4.78 is 6.00. The Balaban J connectivity index is 1.41. The summed E-state index contributed by atoms with van der Waals surface area (Å²) in [6, 6.07) is 9.20. The first kappa shape index (κ1) is 17.5. The van der Waals surface area contributed by atoms with Crippen LogP contribution in [0.25, 0.3) is 0 Å². The van der Waals surface area contributed by atoms with E-state index in [1.165, 1.54) is 0 Å². The summed E-state index contributed by atoms with van der Waals surface area (Å²) in [5, 5.41) is 9.00. The van der Waals surface area contributed by atoms with Crippen molar-refractivity contribution in [3.63, 3.8) is 0 Å². The molecule has 0 unspecified atom stereocenters. The van der Waals surface area contributed by atoms with Crippen LogP contribution in [0.2, 0.25) is 0 Å². The van der Waals surface area contributed by atoms with E-state index in [2.05, 4.69) is 20.9 Å². The quantitative estimate of drug-likeness (QED) is 0.752. The number of pyridine rings is 1. The molecule has 3 N–H and O–H groups in total. The number of ether oxygens (including phenoxy) is 1. The van der Waals surface area contributed by atoms with E-state index in [-0.39, 0.29) is 24.3 Å². The molecular formula is C20H22N4O3. The number of nitrogens with one attached hydrogen (secondary N) is 3. The second-order valence-electron chi connectivity index (χ2n) is 6.86. The highest BCUT2D eigenvalue weighted by atomic mass is 16.5. The van der Waals surface area contributed by atoms with Gasteiger partial charge in [-0.05, 0) is 55.3 Å². The lowest BCUT2D eigenvalue weighted by Crippen LogP contribution is -2.34. The maximum Gasteiger partial charge on any atom is 0.238 e. The first-order chi connectivity index (χ1) is 13.2. The van der Waals surface area contributed by atoms with Crippen molar-refractivity contribution in [3.05, 3.63) is 47.7 Å². The van der Waals surface area contributed by atoms with Gasteiger partial charge in [-0.1, -0.05) is 12.1 Å². The molecule has 2 aromatic rings. The molecule has 0 radical (unpaired) electrons. The third-order valence-corrected chi connectivity index (χ3v) is 4.77. The lowest BCUT2D eigenvalue weighted by atomic mass is 10.1. The molecule has 140 valence electrons. The summed E-state index contributed by atoms with van der Waals surface area (Å²) in [7, 11) is 0. The minimum Gasteiger partial charge on any atom is -0.473 e. The van der Waals surface area contributed by atoms with Crippen molar-refractivity contribution >= 4 is 23.2 Å². The molecule has 0 bridgehead atoms. The monoisotopic (exact) mass is 366 g/mol. The van der Waals surface area contributed by atoms with Crippen LogP contribution in [0.5, 0.6) is 5.88 Å². The van der Waals surface area contributed by atoms with E-state index in [1.807, 2.05) is 18.2 Å². The number of carbonyl (C=O) groups excluding carboxylic acids is 2. The van der Waals surface area contributed by atoms with Crippen LogP contribution < -0.4 is 20.7 Å². The van der Waals surface area contributed by atoms with Gasteiger partial charge in [0.1, 0.15) is 11.8 Å². The van der Waals surface area contributed by atoms with E-state index in [1.54, 1.807) is 18.3 Å². The first-order valence-electron chi connectivity index (χ1n) is 9.21. The minimum atomic E-state index is -0.151. The van der Waals surface area contributed by atoms with Crippen LogP contribution in [0.15, 0.2) is 36.5 Å². The molecule has 1 fully saturated rings. The Kier molecular flexibility index (Phi) is 5.02. The number of piperidine rings is 1. The lowest BCUT2D eigenvalue weighted by Gasteiger charge is -2.24. The van der Waals surface area contributed by atoms with Gasteiger partial charge in [-0.25, -0.2) is 4.98 Å². The number of hydrogen-bond acceptors (Lipinski definition) is 5. The molecule has 0 aliphatic carbocycles. The molecule has 0 atom stereocenters. The van der Waals surface area contributed by atoms with Crippen molar-refractivity contribution in [1.29, 1.82) is 0 Å². The zero-order valence-corrected chi connectivity index (χ0v) is 15.0. The number of fused-ring (bicyclic) bond motifs is 1. The van der Waals surface area contributed by atoms with Crippen molar-refractivity contribution in [2.75, 3.05) is 23.7 Å². The summed E-state index contributed by atoms with van der Waals surface area (Å²) in [4.78, 5) is 28.2. The third kappa shape index (κ3) is 4.25. The Labute approximate surface area is 157 Å². The molecule has 0 saturated carbocycles. The molecule has 2 amide bonds. The number of amides is 2. The Morgan fingerprint density at radius 3 is 2.96 bits per heavy atom. The highest BCUT2D eigenvalue weighted by molar-refractivity contribution is 5.99. The van der Waals surface area contributed by atoms with Gasteiger partial charge < -0.3 is 20.7 Å². The van der Waals surface area contributed by atoms with E-state index in [9.17, 15) is 9.59 Å². The van der Waals surface area contributed by atoms with Crippen LogP contribution in [-0.4, -0.2) is 36.0 Å². The van der Waals surface area contributed by atoms with Gasteiger partial charge in [0.2, 0.25) is 17.7 Å². The fraction of sp³-hybridized carbons (Fsp3) is 0.350. The van der Waals surface area contributed by atoms with E-state index < -0.39 is 0 Å². The molecule has 2 aliphatic rings. The van der Waals surface area contributed by atoms with Gasteiger partial charge in [0, 0.05) is 11.9 Å². The lowest BCUT2D eigenvalue weighted by molar-refractivity contribution is -0.116. The summed E-state index contributed by atoms with van der Waals surface area (Å²) in [5.74, 6) is 0.295. The van der Waals surface area contributed by atoms with Gasteiger partial charge in [-0.2, -0.15) is 0 Å². The van der Waals surface area contributed by atoms with Crippen molar-refractivity contribution in [2.45, 2.75) is 31.8 Å². The molecule has 0 spiro atoms. The van der Waals surface area contributed by atoms with Gasteiger partial charge >= 0.3 is 0 Å². The number of benzene rings is 1. The number of aromatic nitrogens is 1. The normalized spacial score (nSPS) is 16.5. The summed E-state index contributed by atoms with van der Waals surface area (Å²) in [5.41, 5.74) is 3.18. The zero-order valence-electron chi connectivity index (χ0n) is 15.0. The van der Waals surface area contributed by atoms with Crippen LogP contribution in [0.3, 0.4) is 0 Å². The molecule has 27 heavy (non-hydrogen) atoms. The second-order valence-corrected chi connectivity index (χ2v) is 6.86. The molecule has 4 rings (SSSR count). The smallest absolute Gasteiger partial charge is 0.238 e. The number of carbonyl (C=O) groups is 2. The Bertz CT molecular complexity index is 862. The molecule has 1 saturated heterocycles. The molecule has 1 aromatic carbocycles.